The predicted octanol–water partition coefficient (Wildman–Crippen LogP) is 3.68. The van der Waals surface area contributed by atoms with Crippen LogP contribution in [0.25, 0.3) is 0 Å². The zero-order chi connectivity index (χ0) is 14.3. The van der Waals surface area contributed by atoms with Gasteiger partial charge in [-0.05, 0) is 36.9 Å². The second kappa shape index (κ2) is 7.80. The molecule has 0 radical (unpaired) electrons. The highest BCUT2D eigenvalue weighted by atomic mass is 15.1. The minimum Gasteiger partial charge on any atom is -0.316 e. The van der Waals surface area contributed by atoms with E-state index in [1.165, 1.54) is 44.3 Å². The Bertz CT molecular complexity index is 368. The zero-order valence-electron chi connectivity index (χ0n) is 13.2. The second-order valence-electron chi connectivity index (χ2n) is 6.28. The number of hydrogen-bond acceptors (Lipinski definition) is 2. The number of benzene rings is 1. The SMILES string of the molecule is CCNCC1(CN(CC)Cc2ccccc2)CCCC1. The normalized spacial score (nSPS) is 17.8. The summed E-state index contributed by atoms with van der Waals surface area (Å²) < 4.78 is 0. The molecule has 0 aliphatic heterocycles. The van der Waals surface area contributed by atoms with Crippen LogP contribution in [0.1, 0.15) is 45.1 Å². The molecule has 2 rings (SSSR count). The molecule has 0 atom stereocenters. The van der Waals surface area contributed by atoms with E-state index in [1.54, 1.807) is 0 Å². The molecule has 2 nitrogen and oxygen atoms in total. The van der Waals surface area contributed by atoms with Crippen LogP contribution < -0.4 is 5.32 Å². The van der Waals surface area contributed by atoms with Gasteiger partial charge < -0.3 is 5.32 Å². The van der Waals surface area contributed by atoms with Crippen molar-refractivity contribution >= 4 is 0 Å². The second-order valence-corrected chi connectivity index (χ2v) is 6.28. The molecule has 0 spiro atoms. The summed E-state index contributed by atoms with van der Waals surface area (Å²) in [7, 11) is 0. The largest absolute Gasteiger partial charge is 0.316 e. The van der Waals surface area contributed by atoms with Crippen molar-refractivity contribution in [3.63, 3.8) is 0 Å². The third kappa shape index (κ3) is 4.32. The van der Waals surface area contributed by atoms with Gasteiger partial charge in [-0.2, -0.15) is 0 Å². The molecule has 2 heteroatoms. The van der Waals surface area contributed by atoms with E-state index in [1.807, 2.05) is 0 Å². The molecule has 1 N–H and O–H groups in total. The van der Waals surface area contributed by atoms with Gasteiger partial charge in [0.25, 0.3) is 0 Å². The molecule has 1 aliphatic rings. The van der Waals surface area contributed by atoms with Crippen molar-refractivity contribution < 1.29 is 0 Å². The molecule has 1 aromatic carbocycles. The van der Waals surface area contributed by atoms with Crippen LogP contribution in [0.5, 0.6) is 0 Å². The zero-order valence-corrected chi connectivity index (χ0v) is 13.2. The van der Waals surface area contributed by atoms with E-state index in [4.69, 9.17) is 0 Å². The van der Waals surface area contributed by atoms with Gasteiger partial charge >= 0.3 is 0 Å². The minimum atomic E-state index is 0.515. The fraction of sp³-hybridized carbons (Fsp3) is 0.667. The van der Waals surface area contributed by atoms with Crippen LogP contribution in [0.15, 0.2) is 30.3 Å². The van der Waals surface area contributed by atoms with Crippen molar-refractivity contribution in [1.82, 2.24) is 10.2 Å². The third-order valence-corrected chi connectivity index (χ3v) is 4.67. The lowest BCUT2D eigenvalue weighted by molar-refractivity contribution is 0.148. The highest BCUT2D eigenvalue weighted by molar-refractivity contribution is 5.14. The summed E-state index contributed by atoms with van der Waals surface area (Å²) >= 11 is 0. The Labute approximate surface area is 124 Å². The molecule has 1 fully saturated rings. The molecule has 0 aromatic heterocycles. The first-order chi connectivity index (χ1) is 9.78. The van der Waals surface area contributed by atoms with Crippen LogP contribution >= 0.6 is 0 Å². The van der Waals surface area contributed by atoms with E-state index < -0.39 is 0 Å². The van der Waals surface area contributed by atoms with Gasteiger partial charge in [0, 0.05) is 19.6 Å². The van der Waals surface area contributed by atoms with Crippen molar-refractivity contribution in [2.24, 2.45) is 5.41 Å². The van der Waals surface area contributed by atoms with Crippen LogP contribution in [0.4, 0.5) is 0 Å². The highest BCUT2D eigenvalue weighted by Gasteiger charge is 2.34. The van der Waals surface area contributed by atoms with E-state index in [-0.39, 0.29) is 0 Å². The molecule has 20 heavy (non-hydrogen) atoms. The van der Waals surface area contributed by atoms with Crippen molar-refractivity contribution in [2.45, 2.75) is 46.1 Å². The van der Waals surface area contributed by atoms with Gasteiger partial charge in [-0.1, -0.05) is 57.0 Å². The lowest BCUT2D eigenvalue weighted by Gasteiger charge is -2.35. The number of hydrogen-bond donors (Lipinski definition) is 1. The maximum absolute atomic E-state index is 3.60. The highest BCUT2D eigenvalue weighted by Crippen LogP contribution is 2.38. The van der Waals surface area contributed by atoms with Gasteiger partial charge in [-0.25, -0.2) is 0 Å². The Morgan fingerprint density at radius 3 is 2.40 bits per heavy atom. The van der Waals surface area contributed by atoms with Gasteiger partial charge in [-0.15, -0.1) is 0 Å². The fourth-order valence-corrected chi connectivity index (χ4v) is 3.50. The van der Waals surface area contributed by atoms with E-state index in [0.717, 1.165) is 19.6 Å². The first-order valence-electron chi connectivity index (χ1n) is 8.25. The van der Waals surface area contributed by atoms with Gasteiger partial charge in [-0.3, -0.25) is 4.90 Å². The van der Waals surface area contributed by atoms with Crippen molar-refractivity contribution in [2.75, 3.05) is 26.2 Å². The molecule has 0 saturated heterocycles. The predicted molar refractivity (Wildman–Crippen MR) is 86.8 cm³/mol. The molecular weight excluding hydrogens is 244 g/mol. The smallest absolute Gasteiger partial charge is 0.0233 e. The maximum Gasteiger partial charge on any atom is 0.0233 e. The van der Waals surface area contributed by atoms with E-state index in [2.05, 4.69) is 54.4 Å². The summed E-state index contributed by atoms with van der Waals surface area (Å²) in [5, 5.41) is 3.60. The Morgan fingerprint density at radius 1 is 1.10 bits per heavy atom. The van der Waals surface area contributed by atoms with Gasteiger partial charge in [0.05, 0.1) is 0 Å². The van der Waals surface area contributed by atoms with Gasteiger partial charge in [0.2, 0.25) is 0 Å². The van der Waals surface area contributed by atoms with Crippen LogP contribution in [0.2, 0.25) is 0 Å². The van der Waals surface area contributed by atoms with Crippen LogP contribution in [0, 0.1) is 5.41 Å². The van der Waals surface area contributed by atoms with Crippen LogP contribution in [-0.4, -0.2) is 31.1 Å². The Balaban J connectivity index is 1.96. The van der Waals surface area contributed by atoms with Crippen LogP contribution in [0.3, 0.4) is 0 Å². The standard InChI is InChI=1S/C18H30N2/c1-3-19-15-18(12-8-9-13-18)16-20(4-2)14-17-10-6-5-7-11-17/h5-7,10-11,19H,3-4,8-9,12-16H2,1-2H3. The van der Waals surface area contributed by atoms with Gasteiger partial charge in [0.15, 0.2) is 0 Å². The molecule has 0 amide bonds. The topological polar surface area (TPSA) is 15.3 Å². The summed E-state index contributed by atoms with van der Waals surface area (Å²) in [5.41, 5.74) is 1.95. The molecule has 1 saturated carbocycles. The summed E-state index contributed by atoms with van der Waals surface area (Å²) in [6.45, 7) is 10.3. The summed E-state index contributed by atoms with van der Waals surface area (Å²) in [4.78, 5) is 2.62. The van der Waals surface area contributed by atoms with Crippen LogP contribution in [-0.2, 0) is 6.54 Å². The van der Waals surface area contributed by atoms with Crippen molar-refractivity contribution in [3.05, 3.63) is 35.9 Å². The maximum atomic E-state index is 3.60. The number of nitrogens with one attached hydrogen (secondary N) is 1. The van der Waals surface area contributed by atoms with Crippen molar-refractivity contribution in [1.29, 1.82) is 0 Å². The Morgan fingerprint density at radius 2 is 1.80 bits per heavy atom. The monoisotopic (exact) mass is 274 g/mol. The average molecular weight is 274 g/mol. The minimum absolute atomic E-state index is 0.515. The van der Waals surface area contributed by atoms with E-state index in [9.17, 15) is 0 Å². The summed E-state index contributed by atoms with van der Waals surface area (Å²) in [6, 6.07) is 10.9. The number of nitrogens with zero attached hydrogens (tertiary/aromatic N) is 1. The third-order valence-electron chi connectivity index (χ3n) is 4.67. The van der Waals surface area contributed by atoms with E-state index >= 15 is 0 Å². The lowest BCUT2D eigenvalue weighted by atomic mass is 9.85. The quantitative estimate of drug-likeness (QED) is 0.778. The fourth-order valence-electron chi connectivity index (χ4n) is 3.50. The summed E-state index contributed by atoms with van der Waals surface area (Å²) in [6.07, 6.45) is 5.61. The lowest BCUT2D eigenvalue weighted by Crippen LogP contribution is -2.42. The van der Waals surface area contributed by atoms with Crippen molar-refractivity contribution in [3.8, 4) is 0 Å². The number of rotatable bonds is 8. The Hall–Kier alpha value is -0.860. The molecule has 112 valence electrons. The summed E-state index contributed by atoms with van der Waals surface area (Å²) in [5.74, 6) is 0. The first kappa shape index (κ1) is 15.5. The van der Waals surface area contributed by atoms with E-state index in [0.29, 0.717) is 5.41 Å². The Kier molecular flexibility index (Phi) is 6.06. The molecule has 0 heterocycles. The molecule has 1 aliphatic carbocycles. The first-order valence-corrected chi connectivity index (χ1v) is 8.25. The molecular formula is C18H30N2. The average Bonchev–Trinajstić information content (AvgIpc) is 2.94. The molecule has 0 bridgehead atoms. The molecule has 1 aromatic rings. The molecule has 0 unspecified atom stereocenters. The van der Waals surface area contributed by atoms with Gasteiger partial charge in [0.1, 0.15) is 0 Å².